The van der Waals surface area contributed by atoms with Gasteiger partial charge in [-0.05, 0) is 43.1 Å². The smallest absolute Gasteiger partial charge is 0.121 e. The number of ether oxygens (including phenoxy) is 1. The van der Waals surface area contributed by atoms with Crippen LogP contribution < -0.4 is 10.1 Å². The summed E-state index contributed by atoms with van der Waals surface area (Å²) in [6.45, 7) is 7.36. The van der Waals surface area contributed by atoms with Crippen LogP contribution in [0.5, 0.6) is 5.75 Å². The van der Waals surface area contributed by atoms with E-state index in [1.807, 2.05) is 6.07 Å². The molecule has 2 rings (SSSR count). The Hall–Kier alpha value is -1.74. The Morgan fingerprint density at radius 1 is 1.24 bits per heavy atom. The summed E-state index contributed by atoms with van der Waals surface area (Å²) in [6.07, 6.45) is 3.79. The highest BCUT2D eigenvalue weighted by molar-refractivity contribution is 5.41. The molecule has 0 saturated heterocycles. The number of methoxy groups -OCH3 is 1. The van der Waals surface area contributed by atoms with Gasteiger partial charge >= 0.3 is 0 Å². The van der Waals surface area contributed by atoms with E-state index in [1.54, 1.807) is 13.4 Å². The molecule has 1 unspecified atom stereocenters. The number of rotatable bonds is 7. The zero-order chi connectivity index (χ0) is 15.2. The molecular weight excluding hydrogens is 262 g/mol. The van der Waals surface area contributed by atoms with Crippen LogP contribution in [0, 0.1) is 6.92 Å². The number of benzene rings is 1. The maximum Gasteiger partial charge on any atom is 0.121 e. The van der Waals surface area contributed by atoms with Crippen molar-refractivity contribution >= 4 is 0 Å². The zero-order valence-electron chi connectivity index (χ0n) is 13.4. The predicted octanol–water partition coefficient (Wildman–Crippen LogP) is 4.25. The van der Waals surface area contributed by atoms with Crippen LogP contribution in [0.15, 0.2) is 34.9 Å². The molecule has 1 aromatic heterocycles. The Bertz CT molecular complexity index is 574. The van der Waals surface area contributed by atoms with E-state index in [0.29, 0.717) is 0 Å². The lowest BCUT2D eigenvalue weighted by atomic mass is 9.96. The van der Waals surface area contributed by atoms with E-state index >= 15 is 0 Å². The predicted molar refractivity (Wildman–Crippen MR) is 86.0 cm³/mol. The molecule has 0 aliphatic heterocycles. The van der Waals surface area contributed by atoms with Gasteiger partial charge in [0.2, 0.25) is 0 Å². The first-order chi connectivity index (χ1) is 10.2. The molecule has 3 heteroatoms. The molecule has 114 valence electrons. The molecule has 2 aromatic rings. The minimum absolute atomic E-state index is 0.170. The molecule has 1 aromatic carbocycles. The quantitative estimate of drug-likeness (QED) is 0.826. The molecule has 1 atom stereocenters. The minimum Gasteiger partial charge on any atom is -0.496 e. The molecule has 0 aliphatic rings. The average molecular weight is 287 g/mol. The molecule has 0 spiro atoms. The Kier molecular flexibility index (Phi) is 5.45. The van der Waals surface area contributed by atoms with Crippen molar-refractivity contribution in [3.8, 4) is 5.75 Å². The fraction of sp³-hybridized carbons (Fsp3) is 0.444. The lowest BCUT2D eigenvalue weighted by Crippen LogP contribution is -2.23. The highest BCUT2D eigenvalue weighted by Crippen LogP contribution is 2.29. The lowest BCUT2D eigenvalue weighted by molar-refractivity contribution is 0.411. The maximum absolute atomic E-state index is 5.61. The van der Waals surface area contributed by atoms with Gasteiger partial charge in [0.25, 0.3) is 0 Å². The molecule has 0 aliphatic carbocycles. The van der Waals surface area contributed by atoms with Crippen molar-refractivity contribution in [2.24, 2.45) is 0 Å². The van der Waals surface area contributed by atoms with E-state index in [9.17, 15) is 0 Å². The lowest BCUT2D eigenvalue weighted by Gasteiger charge is -2.20. The van der Waals surface area contributed by atoms with Crippen LogP contribution in [0.1, 0.15) is 48.8 Å². The third kappa shape index (κ3) is 3.48. The maximum atomic E-state index is 5.61. The minimum atomic E-state index is 0.170. The molecule has 1 N–H and O–H groups in total. The monoisotopic (exact) mass is 287 g/mol. The number of nitrogens with one attached hydrogen (secondary N) is 1. The topological polar surface area (TPSA) is 34.4 Å². The summed E-state index contributed by atoms with van der Waals surface area (Å²) in [5.41, 5.74) is 3.63. The molecule has 0 radical (unpaired) electrons. The Morgan fingerprint density at radius 3 is 2.67 bits per heavy atom. The van der Waals surface area contributed by atoms with Gasteiger partial charge in [-0.25, -0.2) is 0 Å². The number of furan rings is 1. The molecule has 3 nitrogen and oxygen atoms in total. The van der Waals surface area contributed by atoms with Gasteiger partial charge < -0.3 is 14.5 Å². The summed E-state index contributed by atoms with van der Waals surface area (Å²) in [6, 6.07) is 8.61. The van der Waals surface area contributed by atoms with Crippen LogP contribution in [0.3, 0.4) is 0 Å². The third-order valence-corrected chi connectivity index (χ3v) is 3.76. The van der Waals surface area contributed by atoms with Gasteiger partial charge in [-0.1, -0.05) is 26.0 Å². The van der Waals surface area contributed by atoms with E-state index in [1.165, 1.54) is 11.1 Å². The van der Waals surface area contributed by atoms with Gasteiger partial charge in [-0.3, -0.25) is 0 Å². The van der Waals surface area contributed by atoms with Gasteiger partial charge in [0.1, 0.15) is 11.5 Å². The zero-order valence-corrected chi connectivity index (χ0v) is 13.4. The fourth-order valence-corrected chi connectivity index (χ4v) is 2.67. The normalized spacial score (nSPS) is 12.4. The van der Waals surface area contributed by atoms with Crippen LogP contribution in [0.25, 0.3) is 0 Å². The van der Waals surface area contributed by atoms with Crippen LogP contribution in [0.4, 0.5) is 0 Å². The van der Waals surface area contributed by atoms with Gasteiger partial charge in [0.15, 0.2) is 0 Å². The van der Waals surface area contributed by atoms with Crippen molar-refractivity contribution in [3.63, 3.8) is 0 Å². The van der Waals surface area contributed by atoms with Crippen LogP contribution in [-0.2, 0) is 6.42 Å². The van der Waals surface area contributed by atoms with Crippen LogP contribution >= 0.6 is 0 Å². The Labute approximate surface area is 127 Å². The first-order valence-electron chi connectivity index (χ1n) is 7.65. The van der Waals surface area contributed by atoms with Gasteiger partial charge in [0.05, 0.1) is 19.4 Å². The van der Waals surface area contributed by atoms with E-state index in [-0.39, 0.29) is 6.04 Å². The highest BCUT2D eigenvalue weighted by atomic mass is 16.5. The Morgan fingerprint density at radius 2 is 2.05 bits per heavy atom. The fourth-order valence-electron chi connectivity index (χ4n) is 2.67. The van der Waals surface area contributed by atoms with Gasteiger partial charge in [0, 0.05) is 12.0 Å². The summed E-state index contributed by atoms with van der Waals surface area (Å²) in [7, 11) is 1.71. The van der Waals surface area contributed by atoms with Crippen molar-refractivity contribution in [2.75, 3.05) is 13.7 Å². The number of aryl methyl sites for hydroxylation is 2. The Balaban J connectivity index is 2.38. The SMILES string of the molecule is CCCNC(c1ccc(OC)c(C)c1)c1ccoc1CC. The second-order valence-corrected chi connectivity index (χ2v) is 5.27. The van der Waals surface area contributed by atoms with Crippen molar-refractivity contribution in [1.82, 2.24) is 5.32 Å². The summed E-state index contributed by atoms with van der Waals surface area (Å²) in [5, 5.41) is 3.63. The van der Waals surface area contributed by atoms with Crippen molar-refractivity contribution < 1.29 is 9.15 Å². The number of hydrogen-bond acceptors (Lipinski definition) is 3. The summed E-state index contributed by atoms with van der Waals surface area (Å²) in [4.78, 5) is 0. The van der Waals surface area contributed by atoms with Gasteiger partial charge in [-0.2, -0.15) is 0 Å². The van der Waals surface area contributed by atoms with E-state index in [2.05, 4.69) is 44.3 Å². The first-order valence-corrected chi connectivity index (χ1v) is 7.65. The van der Waals surface area contributed by atoms with E-state index < -0.39 is 0 Å². The van der Waals surface area contributed by atoms with E-state index in [0.717, 1.165) is 36.5 Å². The second kappa shape index (κ2) is 7.32. The summed E-state index contributed by atoms with van der Waals surface area (Å²) >= 11 is 0. The second-order valence-electron chi connectivity index (χ2n) is 5.27. The van der Waals surface area contributed by atoms with Crippen molar-refractivity contribution in [1.29, 1.82) is 0 Å². The molecular formula is C18H25NO2. The molecule has 1 heterocycles. The largest absolute Gasteiger partial charge is 0.496 e. The standard InChI is InChI=1S/C18H25NO2/c1-5-10-19-18(15-9-11-21-16(15)6-2)14-7-8-17(20-4)13(3)12-14/h7-9,11-12,18-19H,5-6,10H2,1-4H3. The van der Waals surface area contributed by atoms with Gasteiger partial charge in [-0.15, -0.1) is 0 Å². The molecule has 0 fully saturated rings. The van der Waals surface area contributed by atoms with Crippen molar-refractivity contribution in [3.05, 3.63) is 53.0 Å². The summed E-state index contributed by atoms with van der Waals surface area (Å²) in [5.74, 6) is 1.98. The molecule has 0 bridgehead atoms. The summed E-state index contributed by atoms with van der Waals surface area (Å²) < 4.78 is 11.0. The molecule has 0 saturated carbocycles. The molecule has 21 heavy (non-hydrogen) atoms. The first kappa shape index (κ1) is 15.6. The van der Waals surface area contributed by atoms with Crippen molar-refractivity contribution in [2.45, 2.75) is 39.7 Å². The van der Waals surface area contributed by atoms with Crippen LogP contribution in [-0.4, -0.2) is 13.7 Å². The molecule has 0 amide bonds. The average Bonchev–Trinajstić information content (AvgIpc) is 2.96. The number of hydrogen-bond donors (Lipinski definition) is 1. The van der Waals surface area contributed by atoms with E-state index in [4.69, 9.17) is 9.15 Å². The van der Waals surface area contributed by atoms with Crippen LogP contribution in [0.2, 0.25) is 0 Å². The third-order valence-electron chi connectivity index (χ3n) is 3.76. The highest BCUT2D eigenvalue weighted by Gasteiger charge is 2.19.